The molecule has 4 rings (SSSR count). The van der Waals surface area contributed by atoms with Crippen molar-refractivity contribution in [2.75, 3.05) is 23.4 Å². The topological polar surface area (TPSA) is 89.3 Å². The molecule has 0 saturated heterocycles. The summed E-state index contributed by atoms with van der Waals surface area (Å²) in [6.07, 6.45) is 1.37. The minimum atomic E-state index is -0.562. The van der Waals surface area contributed by atoms with Crippen molar-refractivity contribution in [1.29, 1.82) is 0 Å². The van der Waals surface area contributed by atoms with Gasteiger partial charge in [-0.2, -0.15) is 10.1 Å². The molecule has 33 heavy (non-hydrogen) atoms. The second-order valence-electron chi connectivity index (χ2n) is 7.65. The number of allylic oxidation sites excluding steroid dienone is 1. The molecule has 9 heteroatoms. The molecule has 1 aliphatic heterocycles. The normalized spacial score (nSPS) is 15.3. The molecule has 8 nitrogen and oxygen atoms in total. The molecule has 0 aliphatic carbocycles. The highest BCUT2D eigenvalue weighted by Crippen LogP contribution is 2.38. The number of nitrogens with one attached hydrogen (secondary N) is 1. The number of hydrogen-bond donors (Lipinski definition) is 1. The lowest BCUT2D eigenvalue weighted by Crippen LogP contribution is -2.41. The zero-order chi connectivity index (χ0) is 23.5. The lowest BCUT2D eigenvalue weighted by atomic mass is 9.94. The number of benzene rings is 2. The minimum Gasteiger partial charge on any atom is -0.463 e. The van der Waals surface area contributed by atoms with Crippen molar-refractivity contribution in [3.8, 4) is 0 Å². The number of hydrogen-bond acceptors (Lipinski definition) is 6. The Morgan fingerprint density at radius 2 is 1.85 bits per heavy atom. The molecule has 0 fully saturated rings. The Bertz CT molecular complexity index is 1220. The highest BCUT2D eigenvalue weighted by molar-refractivity contribution is 5.96. The minimum absolute atomic E-state index is 0.0748. The number of ether oxygens (including phenoxy) is 1. The average Bonchev–Trinajstić information content (AvgIpc) is 3.27. The average molecular weight is 449 g/mol. The van der Waals surface area contributed by atoms with Crippen LogP contribution in [0.4, 0.5) is 16.0 Å². The molecule has 0 radical (unpaired) electrons. The third kappa shape index (κ3) is 4.34. The Morgan fingerprint density at radius 3 is 2.55 bits per heavy atom. The molecule has 0 saturated carbocycles. The van der Waals surface area contributed by atoms with Gasteiger partial charge < -0.3 is 15.0 Å². The van der Waals surface area contributed by atoms with Gasteiger partial charge in [0.2, 0.25) is 11.9 Å². The molecule has 0 bridgehead atoms. The summed E-state index contributed by atoms with van der Waals surface area (Å²) in [6.45, 7) is 5.46. The van der Waals surface area contributed by atoms with Gasteiger partial charge in [-0.25, -0.2) is 13.9 Å². The van der Waals surface area contributed by atoms with E-state index >= 15 is 0 Å². The summed E-state index contributed by atoms with van der Waals surface area (Å²) in [4.78, 5) is 31.7. The van der Waals surface area contributed by atoms with Gasteiger partial charge in [0.15, 0.2) is 0 Å². The number of amides is 1. The van der Waals surface area contributed by atoms with Crippen molar-refractivity contribution < 1.29 is 18.7 Å². The van der Waals surface area contributed by atoms with Crippen LogP contribution in [-0.4, -0.2) is 39.8 Å². The highest BCUT2D eigenvalue weighted by atomic mass is 19.1. The fourth-order valence-corrected chi connectivity index (χ4v) is 3.84. The molecule has 0 spiro atoms. The molecular formula is C24H24FN5O3. The van der Waals surface area contributed by atoms with E-state index in [1.807, 2.05) is 31.2 Å². The van der Waals surface area contributed by atoms with E-state index in [1.165, 1.54) is 18.5 Å². The molecule has 2 heterocycles. The number of halogens is 1. The third-order valence-corrected chi connectivity index (χ3v) is 5.45. The van der Waals surface area contributed by atoms with Crippen molar-refractivity contribution in [3.63, 3.8) is 0 Å². The van der Waals surface area contributed by atoms with Crippen LogP contribution in [-0.2, 0) is 14.3 Å². The monoisotopic (exact) mass is 449 g/mol. The standard InChI is InChI=1S/C24H24FN5O3/c1-4-33-23(32)21-16(3)29(13-20(31)28-19-8-6-5-7-18(19)25)24-26-14-27-30(24)22(21)17-11-9-15(2)10-12-17/h5-12,14,22H,4,13H2,1-3H3,(H,28,31)/t22-/m1/s1. The number of carbonyl (C=O) groups is 2. The van der Waals surface area contributed by atoms with E-state index in [1.54, 1.807) is 35.6 Å². The Balaban J connectivity index is 1.74. The first-order chi connectivity index (χ1) is 15.9. The highest BCUT2D eigenvalue weighted by Gasteiger charge is 2.38. The number of esters is 1. The van der Waals surface area contributed by atoms with Gasteiger partial charge in [-0.05, 0) is 38.5 Å². The van der Waals surface area contributed by atoms with Crippen LogP contribution >= 0.6 is 0 Å². The Morgan fingerprint density at radius 1 is 1.12 bits per heavy atom. The molecule has 3 aromatic rings. The van der Waals surface area contributed by atoms with E-state index in [9.17, 15) is 14.0 Å². The van der Waals surface area contributed by atoms with E-state index < -0.39 is 23.7 Å². The van der Waals surface area contributed by atoms with Gasteiger partial charge >= 0.3 is 5.97 Å². The maximum absolute atomic E-state index is 14.0. The maximum Gasteiger partial charge on any atom is 0.338 e. The van der Waals surface area contributed by atoms with Crippen LogP contribution in [0.5, 0.6) is 0 Å². The summed E-state index contributed by atoms with van der Waals surface area (Å²) < 4.78 is 20.9. The maximum atomic E-state index is 14.0. The summed E-state index contributed by atoms with van der Waals surface area (Å²) in [5.74, 6) is -1.10. The second kappa shape index (κ2) is 9.23. The zero-order valence-corrected chi connectivity index (χ0v) is 18.6. The Kier molecular flexibility index (Phi) is 6.21. The SMILES string of the molecule is CCOC(=O)C1=C(C)N(CC(=O)Nc2ccccc2F)c2ncnn2[C@@H]1c1ccc(C)cc1. The van der Waals surface area contributed by atoms with Gasteiger partial charge in [-0.1, -0.05) is 42.0 Å². The number of nitrogens with zero attached hydrogens (tertiary/aromatic N) is 4. The molecule has 0 unspecified atom stereocenters. The molecule has 170 valence electrons. The molecule has 1 N–H and O–H groups in total. The van der Waals surface area contributed by atoms with Gasteiger partial charge in [0.05, 0.1) is 17.9 Å². The molecular weight excluding hydrogens is 425 g/mol. The Hall–Kier alpha value is -4.01. The lowest BCUT2D eigenvalue weighted by molar-refractivity contribution is -0.139. The second-order valence-corrected chi connectivity index (χ2v) is 7.65. The van der Waals surface area contributed by atoms with Crippen LogP contribution in [0, 0.1) is 12.7 Å². The summed E-state index contributed by atoms with van der Waals surface area (Å²) >= 11 is 0. The predicted molar refractivity (Wildman–Crippen MR) is 121 cm³/mol. The smallest absolute Gasteiger partial charge is 0.338 e. The van der Waals surface area contributed by atoms with Crippen LogP contribution in [0.2, 0.25) is 0 Å². The molecule has 2 aromatic carbocycles. The van der Waals surface area contributed by atoms with Crippen LogP contribution in [0.15, 0.2) is 66.1 Å². The molecule has 1 atom stereocenters. The van der Waals surface area contributed by atoms with E-state index in [4.69, 9.17) is 4.74 Å². The number of rotatable bonds is 6. The lowest BCUT2D eigenvalue weighted by Gasteiger charge is -2.35. The van der Waals surface area contributed by atoms with Crippen molar-refractivity contribution in [2.45, 2.75) is 26.8 Å². The number of anilines is 2. The molecule has 1 aliphatic rings. The van der Waals surface area contributed by atoms with Crippen LogP contribution in [0.25, 0.3) is 0 Å². The number of aromatic nitrogens is 3. The van der Waals surface area contributed by atoms with E-state index in [0.717, 1.165) is 11.1 Å². The van der Waals surface area contributed by atoms with Crippen molar-refractivity contribution >= 4 is 23.5 Å². The van der Waals surface area contributed by atoms with Crippen molar-refractivity contribution in [2.24, 2.45) is 0 Å². The number of fused-ring (bicyclic) bond motifs is 1. The molecule has 1 amide bonds. The van der Waals surface area contributed by atoms with Crippen LogP contribution in [0.3, 0.4) is 0 Å². The van der Waals surface area contributed by atoms with Crippen molar-refractivity contribution in [1.82, 2.24) is 14.8 Å². The van der Waals surface area contributed by atoms with E-state index in [2.05, 4.69) is 15.4 Å². The van der Waals surface area contributed by atoms with Gasteiger partial charge in [-0.3, -0.25) is 4.79 Å². The predicted octanol–water partition coefficient (Wildman–Crippen LogP) is 3.61. The Labute approximate surface area is 190 Å². The third-order valence-electron chi connectivity index (χ3n) is 5.45. The van der Waals surface area contributed by atoms with Gasteiger partial charge in [0, 0.05) is 5.70 Å². The number of aryl methyl sites for hydroxylation is 1. The van der Waals surface area contributed by atoms with Gasteiger partial charge in [-0.15, -0.1) is 0 Å². The zero-order valence-electron chi connectivity index (χ0n) is 18.6. The summed E-state index contributed by atoms with van der Waals surface area (Å²) in [5, 5.41) is 6.92. The summed E-state index contributed by atoms with van der Waals surface area (Å²) in [6, 6.07) is 13.1. The fourth-order valence-electron chi connectivity index (χ4n) is 3.84. The first-order valence-electron chi connectivity index (χ1n) is 10.6. The quantitative estimate of drug-likeness (QED) is 0.579. The van der Waals surface area contributed by atoms with Crippen LogP contribution < -0.4 is 10.2 Å². The van der Waals surface area contributed by atoms with E-state index in [0.29, 0.717) is 17.2 Å². The van der Waals surface area contributed by atoms with Crippen molar-refractivity contribution in [3.05, 3.63) is 83.1 Å². The van der Waals surface area contributed by atoms with Gasteiger partial charge in [0.1, 0.15) is 24.7 Å². The number of carbonyl (C=O) groups excluding carboxylic acids is 2. The largest absolute Gasteiger partial charge is 0.463 e. The number of para-hydroxylation sites is 1. The van der Waals surface area contributed by atoms with Crippen LogP contribution in [0.1, 0.15) is 31.0 Å². The van der Waals surface area contributed by atoms with Gasteiger partial charge in [0.25, 0.3) is 0 Å². The first-order valence-corrected chi connectivity index (χ1v) is 10.6. The molecule has 1 aromatic heterocycles. The summed E-state index contributed by atoms with van der Waals surface area (Å²) in [5.41, 5.74) is 2.87. The first kappa shape index (κ1) is 22.2. The fraction of sp³-hybridized carbons (Fsp3) is 0.250. The van der Waals surface area contributed by atoms with E-state index in [-0.39, 0.29) is 18.8 Å². The summed E-state index contributed by atoms with van der Waals surface area (Å²) in [7, 11) is 0.